The van der Waals surface area contributed by atoms with Gasteiger partial charge >= 0.3 is 0 Å². The summed E-state index contributed by atoms with van der Waals surface area (Å²) in [6.07, 6.45) is 1.89. The van der Waals surface area contributed by atoms with Gasteiger partial charge in [-0.25, -0.2) is 0 Å². The summed E-state index contributed by atoms with van der Waals surface area (Å²) < 4.78 is 7.37. The Kier molecular flexibility index (Phi) is 4.27. The van der Waals surface area contributed by atoms with Gasteiger partial charge in [0.05, 0.1) is 11.6 Å². The van der Waals surface area contributed by atoms with E-state index < -0.39 is 0 Å². The van der Waals surface area contributed by atoms with E-state index >= 15 is 0 Å². The molecule has 4 heteroatoms. The number of ether oxygens (including phenoxy) is 1. The smallest absolute Gasteiger partial charge is 0.132 e. The number of alkyl halides is 1. The van der Waals surface area contributed by atoms with Gasteiger partial charge in [0.25, 0.3) is 0 Å². The molecule has 2 aromatic rings. The second kappa shape index (κ2) is 6.13. The summed E-state index contributed by atoms with van der Waals surface area (Å²) in [5, 5.41) is 4.24. The van der Waals surface area contributed by atoms with Crippen LogP contribution in [-0.4, -0.2) is 15.7 Å². The monoisotopic (exact) mass is 260 g/mol. The van der Waals surface area contributed by atoms with Crippen molar-refractivity contribution in [3.63, 3.8) is 0 Å². The van der Waals surface area contributed by atoms with E-state index in [0.29, 0.717) is 12.5 Å². The van der Waals surface area contributed by atoms with Crippen molar-refractivity contribution in [2.45, 2.75) is 6.61 Å². The van der Waals surface area contributed by atoms with Crippen molar-refractivity contribution < 1.29 is 4.74 Å². The van der Waals surface area contributed by atoms with Crippen molar-refractivity contribution in [2.75, 3.05) is 5.88 Å². The molecular formula is C14H13ClN2O. The van der Waals surface area contributed by atoms with E-state index in [4.69, 9.17) is 16.3 Å². The molecule has 18 heavy (non-hydrogen) atoms. The molecule has 2 rings (SSSR count). The van der Waals surface area contributed by atoms with E-state index in [1.165, 1.54) is 0 Å². The summed E-state index contributed by atoms with van der Waals surface area (Å²) in [5.41, 5.74) is 1.84. The zero-order valence-corrected chi connectivity index (χ0v) is 10.8. The van der Waals surface area contributed by atoms with Gasteiger partial charge in [-0.15, -0.1) is 11.6 Å². The maximum Gasteiger partial charge on any atom is 0.132 e. The molecule has 1 heterocycles. The van der Waals surface area contributed by atoms with Crippen LogP contribution in [0.2, 0.25) is 0 Å². The number of hydrogen-bond acceptors (Lipinski definition) is 2. The first-order chi connectivity index (χ1) is 8.78. The van der Waals surface area contributed by atoms with Crippen LogP contribution in [0.4, 0.5) is 0 Å². The molecule has 0 saturated heterocycles. The number of rotatable bonds is 3. The first kappa shape index (κ1) is 12.5. The number of halogens is 1. The van der Waals surface area contributed by atoms with Crippen LogP contribution in [0.25, 0.3) is 0 Å². The quantitative estimate of drug-likeness (QED) is 0.627. The summed E-state index contributed by atoms with van der Waals surface area (Å²) in [7, 11) is 1.88. The van der Waals surface area contributed by atoms with E-state index in [-0.39, 0.29) is 0 Å². The van der Waals surface area contributed by atoms with Crippen LogP contribution < -0.4 is 4.74 Å². The highest BCUT2D eigenvalue weighted by molar-refractivity contribution is 6.19. The van der Waals surface area contributed by atoms with E-state index in [1.807, 2.05) is 43.6 Å². The fraction of sp³-hybridized carbons (Fsp3) is 0.214. The van der Waals surface area contributed by atoms with Crippen LogP contribution >= 0.6 is 11.6 Å². The maximum atomic E-state index is 5.61. The topological polar surface area (TPSA) is 27.1 Å². The lowest BCUT2D eigenvalue weighted by atomic mass is 10.2. The Morgan fingerprint density at radius 2 is 2.06 bits per heavy atom. The van der Waals surface area contributed by atoms with Crippen molar-refractivity contribution in [1.29, 1.82) is 0 Å². The van der Waals surface area contributed by atoms with E-state index in [0.717, 1.165) is 17.0 Å². The molecule has 3 nitrogen and oxygen atoms in total. The SMILES string of the molecule is Cn1ccc(COc2ccc(C#CCCl)cc2)n1. The lowest BCUT2D eigenvalue weighted by Crippen LogP contribution is -1.97. The fourth-order valence-electron chi connectivity index (χ4n) is 1.47. The Hall–Kier alpha value is -1.92. The summed E-state index contributed by atoms with van der Waals surface area (Å²) in [4.78, 5) is 0. The van der Waals surface area contributed by atoms with Gasteiger partial charge in [0.2, 0.25) is 0 Å². The zero-order valence-electron chi connectivity index (χ0n) is 10.1. The van der Waals surface area contributed by atoms with Gasteiger partial charge in [-0.3, -0.25) is 4.68 Å². The van der Waals surface area contributed by atoms with Crippen LogP contribution in [0.1, 0.15) is 11.3 Å². The predicted molar refractivity (Wildman–Crippen MR) is 71.6 cm³/mol. The minimum absolute atomic E-state index is 0.345. The molecule has 0 atom stereocenters. The lowest BCUT2D eigenvalue weighted by Gasteiger charge is -2.03. The average Bonchev–Trinajstić information content (AvgIpc) is 2.81. The number of hydrogen-bond donors (Lipinski definition) is 0. The predicted octanol–water partition coefficient (Wildman–Crippen LogP) is 2.59. The van der Waals surface area contributed by atoms with Gasteiger partial charge in [0, 0.05) is 18.8 Å². The number of nitrogens with zero attached hydrogens (tertiary/aromatic N) is 2. The van der Waals surface area contributed by atoms with Crippen LogP contribution in [0, 0.1) is 11.8 Å². The first-order valence-corrected chi connectivity index (χ1v) is 6.07. The van der Waals surface area contributed by atoms with Gasteiger partial charge in [-0.2, -0.15) is 5.10 Å². The molecule has 0 radical (unpaired) electrons. The summed E-state index contributed by atoms with van der Waals surface area (Å²) in [6.45, 7) is 0.466. The maximum absolute atomic E-state index is 5.61. The van der Waals surface area contributed by atoms with Crippen molar-refractivity contribution in [3.8, 4) is 17.6 Å². The number of aryl methyl sites for hydroxylation is 1. The lowest BCUT2D eigenvalue weighted by molar-refractivity contribution is 0.300. The van der Waals surface area contributed by atoms with E-state index in [2.05, 4.69) is 16.9 Å². The highest BCUT2D eigenvalue weighted by Crippen LogP contribution is 2.13. The highest BCUT2D eigenvalue weighted by Gasteiger charge is 1.98. The van der Waals surface area contributed by atoms with Crippen LogP contribution in [0.3, 0.4) is 0 Å². The number of benzene rings is 1. The van der Waals surface area contributed by atoms with Crippen molar-refractivity contribution >= 4 is 11.6 Å². The van der Waals surface area contributed by atoms with Crippen molar-refractivity contribution in [2.24, 2.45) is 7.05 Å². The third-order valence-corrected chi connectivity index (χ3v) is 2.44. The summed E-state index contributed by atoms with van der Waals surface area (Å²) >= 11 is 5.50. The normalized spacial score (nSPS) is 9.67. The molecule has 1 aromatic carbocycles. The standard InChI is InChI=1S/C14H13ClN2O/c1-17-10-8-13(16-17)11-18-14-6-4-12(5-7-14)3-2-9-15/h4-8,10H,9,11H2,1H3. The Morgan fingerprint density at radius 1 is 1.28 bits per heavy atom. The molecule has 0 fully saturated rings. The molecule has 92 valence electrons. The Balaban J connectivity index is 1.94. The van der Waals surface area contributed by atoms with Gasteiger partial charge in [0.15, 0.2) is 0 Å². The third kappa shape index (κ3) is 3.54. The first-order valence-electron chi connectivity index (χ1n) is 5.54. The molecule has 0 aliphatic rings. The second-order valence-electron chi connectivity index (χ2n) is 3.73. The minimum Gasteiger partial charge on any atom is -0.487 e. The van der Waals surface area contributed by atoms with Gasteiger partial charge < -0.3 is 4.74 Å². The average molecular weight is 261 g/mol. The Morgan fingerprint density at radius 3 is 2.67 bits per heavy atom. The molecule has 0 amide bonds. The van der Waals surface area contributed by atoms with E-state index in [1.54, 1.807) is 4.68 Å². The zero-order chi connectivity index (χ0) is 12.8. The second-order valence-corrected chi connectivity index (χ2v) is 4.00. The molecule has 0 saturated carbocycles. The largest absolute Gasteiger partial charge is 0.487 e. The van der Waals surface area contributed by atoms with Crippen LogP contribution in [-0.2, 0) is 13.7 Å². The molecule has 0 aliphatic heterocycles. The van der Waals surface area contributed by atoms with Gasteiger partial charge in [-0.05, 0) is 30.3 Å². The van der Waals surface area contributed by atoms with Gasteiger partial charge in [0.1, 0.15) is 12.4 Å². The van der Waals surface area contributed by atoms with Crippen LogP contribution in [0.5, 0.6) is 5.75 Å². The molecular weight excluding hydrogens is 248 g/mol. The molecule has 0 N–H and O–H groups in total. The molecule has 0 bridgehead atoms. The molecule has 0 spiro atoms. The highest BCUT2D eigenvalue weighted by atomic mass is 35.5. The van der Waals surface area contributed by atoms with Crippen molar-refractivity contribution in [1.82, 2.24) is 9.78 Å². The van der Waals surface area contributed by atoms with Crippen molar-refractivity contribution in [3.05, 3.63) is 47.8 Å². The minimum atomic E-state index is 0.345. The summed E-state index contributed by atoms with van der Waals surface area (Å²) in [6, 6.07) is 9.53. The fourth-order valence-corrected chi connectivity index (χ4v) is 1.53. The Labute approximate surface area is 111 Å². The van der Waals surface area contributed by atoms with Gasteiger partial charge in [-0.1, -0.05) is 11.8 Å². The molecule has 0 unspecified atom stereocenters. The van der Waals surface area contributed by atoms with E-state index in [9.17, 15) is 0 Å². The molecule has 1 aromatic heterocycles. The molecule has 0 aliphatic carbocycles. The summed E-state index contributed by atoms with van der Waals surface area (Å²) in [5.74, 6) is 6.90. The third-order valence-electron chi connectivity index (χ3n) is 2.31. The Bertz CT molecular complexity index is 563. The number of aromatic nitrogens is 2. The van der Waals surface area contributed by atoms with Crippen LogP contribution in [0.15, 0.2) is 36.5 Å².